The Morgan fingerprint density at radius 1 is 1.03 bits per heavy atom. The molecule has 0 atom stereocenters. The number of rotatable bonds is 6. The molecule has 1 aliphatic rings. The van der Waals surface area contributed by atoms with Crippen molar-refractivity contribution in [3.8, 4) is 0 Å². The van der Waals surface area contributed by atoms with Gasteiger partial charge in [0.05, 0.1) is 12.0 Å². The van der Waals surface area contributed by atoms with E-state index in [1.54, 1.807) is 6.07 Å². The molecule has 8 heteroatoms. The van der Waals surface area contributed by atoms with E-state index < -0.39 is 11.7 Å². The summed E-state index contributed by atoms with van der Waals surface area (Å²) in [7, 11) is 0. The van der Waals surface area contributed by atoms with Crippen molar-refractivity contribution in [3.63, 3.8) is 0 Å². The Labute approximate surface area is 188 Å². The first-order chi connectivity index (χ1) is 14.2. The van der Waals surface area contributed by atoms with Gasteiger partial charge in [-0.3, -0.25) is 9.69 Å². The average molecular weight is 531 g/mol. The van der Waals surface area contributed by atoms with Crippen LogP contribution in [0.4, 0.5) is 18.9 Å². The van der Waals surface area contributed by atoms with Crippen LogP contribution in [-0.2, 0) is 23.9 Å². The van der Waals surface area contributed by atoms with Gasteiger partial charge in [-0.15, -0.1) is 0 Å². The molecule has 162 valence electrons. The lowest BCUT2D eigenvalue weighted by Crippen LogP contribution is -2.45. The molecule has 0 spiro atoms. The normalized spacial score (nSPS) is 15.9. The van der Waals surface area contributed by atoms with Crippen LogP contribution in [0.5, 0.6) is 0 Å². The summed E-state index contributed by atoms with van der Waals surface area (Å²) in [5.74, 6) is -0.340. The van der Waals surface area contributed by atoms with E-state index >= 15 is 0 Å². The summed E-state index contributed by atoms with van der Waals surface area (Å²) < 4.78 is 42.1. The number of anilines is 1. The van der Waals surface area contributed by atoms with Crippen LogP contribution in [-0.4, -0.2) is 48.4 Å². The van der Waals surface area contributed by atoms with Crippen molar-refractivity contribution in [1.82, 2.24) is 9.80 Å². The molecule has 0 saturated carbocycles. The van der Waals surface area contributed by atoms with Crippen LogP contribution in [0, 0.1) is 3.57 Å². The van der Waals surface area contributed by atoms with Crippen LogP contribution in [0.2, 0.25) is 0 Å². The van der Waals surface area contributed by atoms with Crippen LogP contribution in [0.1, 0.15) is 23.6 Å². The SMILES string of the molecule is CCN1CCN(Cc2ccc(NC(=O)Cc3ccc(I)cc3)cc2C(F)(F)F)CC1. The number of alkyl halides is 3. The highest BCUT2D eigenvalue weighted by Crippen LogP contribution is 2.34. The molecule has 2 aromatic carbocycles. The van der Waals surface area contributed by atoms with Gasteiger partial charge in [-0.25, -0.2) is 0 Å². The quantitative estimate of drug-likeness (QED) is 0.553. The second kappa shape index (κ2) is 10.1. The second-order valence-electron chi connectivity index (χ2n) is 7.43. The molecule has 1 amide bonds. The summed E-state index contributed by atoms with van der Waals surface area (Å²) in [5, 5.41) is 2.60. The molecular weight excluding hydrogens is 506 g/mol. The fourth-order valence-electron chi connectivity index (χ4n) is 3.55. The zero-order chi connectivity index (χ0) is 21.7. The Morgan fingerprint density at radius 2 is 1.67 bits per heavy atom. The summed E-state index contributed by atoms with van der Waals surface area (Å²) >= 11 is 2.17. The van der Waals surface area contributed by atoms with Gasteiger partial charge < -0.3 is 10.2 Å². The third kappa shape index (κ3) is 6.42. The topological polar surface area (TPSA) is 35.6 Å². The number of hydrogen-bond donors (Lipinski definition) is 1. The van der Waals surface area contributed by atoms with Crippen LogP contribution < -0.4 is 5.32 Å². The third-order valence-electron chi connectivity index (χ3n) is 5.28. The molecule has 4 nitrogen and oxygen atoms in total. The van der Waals surface area contributed by atoms with Crippen molar-refractivity contribution >= 4 is 34.2 Å². The van der Waals surface area contributed by atoms with E-state index in [1.165, 1.54) is 6.07 Å². The number of nitrogens with one attached hydrogen (secondary N) is 1. The number of piperazine rings is 1. The zero-order valence-electron chi connectivity index (χ0n) is 16.8. The molecular formula is C22H25F3IN3O. The van der Waals surface area contributed by atoms with E-state index in [0.29, 0.717) is 0 Å². The largest absolute Gasteiger partial charge is 0.416 e. The molecule has 2 aromatic rings. The summed E-state index contributed by atoms with van der Waals surface area (Å²) in [5.41, 5.74) is 0.528. The van der Waals surface area contributed by atoms with Gasteiger partial charge in [-0.1, -0.05) is 25.1 Å². The molecule has 1 heterocycles. The first-order valence-corrected chi connectivity index (χ1v) is 11.0. The highest BCUT2D eigenvalue weighted by atomic mass is 127. The molecule has 1 aliphatic heterocycles. The van der Waals surface area contributed by atoms with E-state index in [1.807, 2.05) is 29.2 Å². The zero-order valence-corrected chi connectivity index (χ0v) is 19.0. The summed E-state index contributed by atoms with van der Waals surface area (Å²) in [6.07, 6.45) is -4.36. The molecule has 0 aliphatic carbocycles. The van der Waals surface area contributed by atoms with Crippen molar-refractivity contribution in [2.45, 2.75) is 26.1 Å². The molecule has 0 bridgehead atoms. The Bertz CT molecular complexity index is 863. The maximum atomic E-state index is 13.7. The molecule has 30 heavy (non-hydrogen) atoms. The van der Waals surface area contributed by atoms with Crippen molar-refractivity contribution in [2.75, 3.05) is 38.0 Å². The highest BCUT2D eigenvalue weighted by molar-refractivity contribution is 14.1. The van der Waals surface area contributed by atoms with E-state index in [2.05, 4.69) is 39.7 Å². The molecule has 3 rings (SSSR count). The number of halogens is 4. The minimum absolute atomic E-state index is 0.113. The third-order valence-corrected chi connectivity index (χ3v) is 6.00. The smallest absolute Gasteiger partial charge is 0.326 e. The Balaban J connectivity index is 1.69. The maximum absolute atomic E-state index is 13.7. The molecule has 0 radical (unpaired) electrons. The van der Waals surface area contributed by atoms with Gasteiger partial charge >= 0.3 is 6.18 Å². The number of likely N-dealkylation sites (N-methyl/N-ethyl adjacent to an activating group) is 1. The van der Waals surface area contributed by atoms with E-state index in [4.69, 9.17) is 0 Å². The summed E-state index contributed by atoms with van der Waals surface area (Å²) in [6.45, 7) is 6.53. The fraction of sp³-hybridized carbons (Fsp3) is 0.409. The minimum atomic E-state index is -4.47. The van der Waals surface area contributed by atoms with Gasteiger partial charge in [0.1, 0.15) is 0 Å². The van der Waals surface area contributed by atoms with Gasteiger partial charge in [0.2, 0.25) is 5.91 Å². The molecule has 0 unspecified atom stereocenters. The summed E-state index contributed by atoms with van der Waals surface area (Å²) in [4.78, 5) is 16.6. The molecule has 1 fully saturated rings. The number of amides is 1. The van der Waals surface area contributed by atoms with E-state index in [0.717, 1.165) is 47.9 Å². The first-order valence-electron chi connectivity index (χ1n) is 9.93. The van der Waals surface area contributed by atoms with Gasteiger partial charge in [0.15, 0.2) is 0 Å². The van der Waals surface area contributed by atoms with Crippen molar-refractivity contribution < 1.29 is 18.0 Å². The van der Waals surface area contributed by atoms with E-state index in [-0.39, 0.29) is 30.1 Å². The minimum Gasteiger partial charge on any atom is -0.326 e. The van der Waals surface area contributed by atoms with Crippen molar-refractivity contribution in [3.05, 3.63) is 62.7 Å². The van der Waals surface area contributed by atoms with E-state index in [9.17, 15) is 18.0 Å². The Hall–Kier alpha value is -1.65. The highest BCUT2D eigenvalue weighted by Gasteiger charge is 2.34. The van der Waals surface area contributed by atoms with Gasteiger partial charge in [-0.2, -0.15) is 13.2 Å². The van der Waals surface area contributed by atoms with Gasteiger partial charge in [-0.05, 0) is 64.5 Å². The fourth-order valence-corrected chi connectivity index (χ4v) is 3.91. The average Bonchev–Trinajstić information content (AvgIpc) is 2.70. The van der Waals surface area contributed by atoms with Crippen LogP contribution in [0.3, 0.4) is 0 Å². The van der Waals surface area contributed by atoms with Crippen LogP contribution >= 0.6 is 22.6 Å². The van der Waals surface area contributed by atoms with Crippen molar-refractivity contribution in [1.29, 1.82) is 0 Å². The lowest BCUT2D eigenvalue weighted by atomic mass is 10.0. The maximum Gasteiger partial charge on any atom is 0.416 e. The number of nitrogens with zero attached hydrogens (tertiary/aromatic N) is 2. The first kappa shape index (κ1) is 23.0. The van der Waals surface area contributed by atoms with Gasteiger partial charge in [0, 0.05) is 42.0 Å². The standard InChI is InChI=1S/C22H25F3IN3O/c1-2-28-9-11-29(12-10-28)15-17-5-8-19(14-20(17)22(23,24)25)27-21(30)13-16-3-6-18(26)7-4-16/h3-8,14H,2,9-13,15H2,1H3,(H,27,30). The summed E-state index contributed by atoms with van der Waals surface area (Å²) in [6, 6.07) is 11.5. The molecule has 1 N–H and O–H groups in total. The Kier molecular flexibility index (Phi) is 7.75. The van der Waals surface area contributed by atoms with Gasteiger partial charge in [0.25, 0.3) is 0 Å². The predicted molar refractivity (Wildman–Crippen MR) is 120 cm³/mol. The number of carbonyl (C=O) groups excluding carboxylic acids is 1. The van der Waals surface area contributed by atoms with Crippen LogP contribution in [0.15, 0.2) is 42.5 Å². The Morgan fingerprint density at radius 3 is 2.27 bits per heavy atom. The molecule has 1 saturated heterocycles. The monoisotopic (exact) mass is 531 g/mol. The number of carbonyl (C=O) groups is 1. The number of benzene rings is 2. The lowest BCUT2D eigenvalue weighted by Gasteiger charge is -2.34. The second-order valence-corrected chi connectivity index (χ2v) is 8.68. The molecule has 0 aromatic heterocycles. The van der Waals surface area contributed by atoms with Crippen molar-refractivity contribution in [2.24, 2.45) is 0 Å². The predicted octanol–water partition coefficient (Wildman–Crippen LogP) is 4.63. The van der Waals surface area contributed by atoms with Crippen LogP contribution in [0.25, 0.3) is 0 Å². The number of hydrogen-bond acceptors (Lipinski definition) is 3. The lowest BCUT2D eigenvalue weighted by molar-refractivity contribution is -0.138.